The molecule has 22 heavy (non-hydrogen) atoms. The molecule has 1 aromatic carbocycles. The molecule has 0 bridgehead atoms. The second-order valence-electron chi connectivity index (χ2n) is 6.02. The number of carbonyl (C=O) groups excluding carboxylic acids is 1. The SMILES string of the molecule is CN(C)/C(=C/C(=O)c1ccccc1)c1c[nH]c2c1CCCC2. The Labute approximate surface area is 131 Å². The number of hydrogen-bond acceptors (Lipinski definition) is 2. The van der Waals surface area contributed by atoms with Crippen LogP contribution in [0.2, 0.25) is 0 Å². The van der Waals surface area contributed by atoms with Gasteiger partial charge in [0.05, 0.1) is 0 Å². The highest BCUT2D eigenvalue weighted by Gasteiger charge is 2.19. The molecule has 3 nitrogen and oxygen atoms in total. The van der Waals surface area contributed by atoms with E-state index in [1.807, 2.05) is 49.3 Å². The summed E-state index contributed by atoms with van der Waals surface area (Å²) in [5.74, 6) is 0.0510. The summed E-state index contributed by atoms with van der Waals surface area (Å²) in [5.41, 5.74) is 5.59. The topological polar surface area (TPSA) is 36.1 Å². The zero-order valence-corrected chi connectivity index (χ0v) is 13.2. The van der Waals surface area contributed by atoms with Crippen LogP contribution in [-0.2, 0) is 12.8 Å². The molecule has 1 aliphatic rings. The van der Waals surface area contributed by atoms with Crippen molar-refractivity contribution >= 4 is 11.5 Å². The van der Waals surface area contributed by atoms with Crippen molar-refractivity contribution in [2.24, 2.45) is 0 Å². The van der Waals surface area contributed by atoms with Crippen LogP contribution >= 0.6 is 0 Å². The summed E-state index contributed by atoms with van der Waals surface area (Å²) >= 11 is 0. The minimum absolute atomic E-state index is 0.0510. The number of aromatic nitrogens is 1. The van der Waals surface area contributed by atoms with Gasteiger partial charge < -0.3 is 9.88 Å². The fraction of sp³-hybridized carbons (Fsp3) is 0.316. The molecule has 0 amide bonds. The zero-order chi connectivity index (χ0) is 15.5. The van der Waals surface area contributed by atoms with E-state index in [4.69, 9.17) is 0 Å². The lowest BCUT2D eigenvalue weighted by atomic mass is 9.93. The standard InChI is InChI=1S/C19H22N2O/c1-21(2)18(12-19(22)14-8-4-3-5-9-14)16-13-20-17-11-7-6-10-15(16)17/h3-5,8-9,12-13,20H,6-7,10-11H2,1-2H3/b18-12+. The molecule has 1 heterocycles. The monoisotopic (exact) mass is 294 g/mol. The normalized spacial score (nSPS) is 14.5. The number of fused-ring (bicyclic) bond motifs is 1. The number of ketones is 1. The van der Waals surface area contributed by atoms with Gasteiger partial charge in [0.15, 0.2) is 5.78 Å². The molecular formula is C19H22N2O. The molecule has 3 heteroatoms. The molecule has 0 radical (unpaired) electrons. The van der Waals surface area contributed by atoms with Crippen LogP contribution in [0.4, 0.5) is 0 Å². The van der Waals surface area contributed by atoms with Crippen molar-refractivity contribution in [2.45, 2.75) is 25.7 Å². The maximum atomic E-state index is 12.5. The first kappa shape index (κ1) is 14.6. The van der Waals surface area contributed by atoms with Gasteiger partial charge in [-0.15, -0.1) is 0 Å². The van der Waals surface area contributed by atoms with E-state index in [9.17, 15) is 4.79 Å². The highest BCUT2D eigenvalue weighted by Crippen LogP contribution is 2.29. The summed E-state index contributed by atoms with van der Waals surface area (Å²) in [7, 11) is 3.98. The highest BCUT2D eigenvalue weighted by molar-refractivity contribution is 6.08. The maximum Gasteiger partial charge on any atom is 0.187 e. The third-order valence-corrected chi connectivity index (χ3v) is 4.27. The summed E-state index contributed by atoms with van der Waals surface area (Å²) in [4.78, 5) is 17.9. The lowest BCUT2D eigenvalue weighted by molar-refractivity contribution is 0.104. The van der Waals surface area contributed by atoms with Gasteiger partial charge in [-0.2, -0.15) is 0 Å². The van der Waals surface area contributed by atoms with E-state index in [1.165, 1.54) is 29.7 Å². The Kier molecular flexibility index (Phi) is 4.14. The van der Waals surface area contributed by atoms with Crippen LogP contribution in [-0.4, -0.2) is 29.8 Å². The average Bonchev–Trinajstić information content (AvgIpc) is 2.96. The number of allylic oxidation sites excluding steroid dienone is 1. The number of benzene rings is 1. The van der Waals surface area contributed by atoms with Crippen LogP contribution < -0.4 is 0 Å². The van der Waals surface area contributed by atoms with E-state index in [-0.39, 0.29) is 5.78 Å². The maximum absolute atomic E-state index is 12.5. The number of hydrogen-bond donors (Lipinski definition) is 1. The predicted octanol–water partition coefficient (Wildman–Crippen LogP) is 3.68. The van der Waals surface area contributed by atoms with Crippen LogP contribution in [0, 0.1) is 0 Å². The van der Waals surface area contributed by atoms with Crippen molar-refractivity contribution in [3.63, 3.8) is 0 Å². The van der Waals surface area contributed by atoms with Gasteiger partial charge in [0, 0.05) is 48.9 Å². The minimum atomic E-state index is 0.0510. The summed E-state index contributed by atoms with van der Waals surface area (Å²) in [6.07, 6.45) is 8.50. The summed E-state index contributed by atoms with van der Waals surface area (Å²) in [5, 5.41) is 0. The Bertz CT molecular complexity index is 695. The summed E-state index contributed by atoms with van der Waals surface area (Å²) in [6.45, 7) is 0. The van der Waals surface area contributed by atoms with Gasteiger partial charge in [-0.3, -0.25) is 4.79 Å². The number of aryl methyl sites for hydroxylation is 1. The van der Waals surface area contributed by atoms with Gasteiger partial charge in [0.2, 0.25) is 0 Å². The highest BCUT2D eigenvalue weighted by atomic mass is 16.1. The number of nitrogens with one attached hydrogen (secondary N) is 1. The third-order valence-electron chi connectivity index (χ3n) is 4.27. The van der Waals surface area contributed by atoms with Crippen molar-refractivity contribution < 1.29 is 4.79 Å². The molecule has 0 saturated carbocycles. The Morgan fingerprint density at radius 1 is 1.14 bits per heavy atom. The van der Waals surface area contributed by atoms with Gasteiger partial charge in [-0.25, -0.2) is 0 Å². The molecule has 2 aromatic rings. The molecule has 0 aliphatic heterocycles. The molecule has 1 aromatic heterocycles. The quantitative estimate of drug-likeness (QED) is 0.690. The van der Waals surface area contributed by atoms with Crippen LogP contribution in [0.1, 0.15) is 40.0 Å². The molecule has 1 aliphatic carbocycles. The lowest BCUT2D eigenvalue weighted by Crippen LogP contribution is -2.13. The fourth-order valence-corrected chi connectivity index (χ4v) is 3.09. The van der Waals surface area contributed by atoms with E-state index in [2.05, 4.69) is 11.2 Å². The van der Waals surface area contributed by atoms with Crippen molar-refractivity contribution in [1.82, 2.24) is 9.88 Å². The minimum Gasteiger partial charge on any atom is -0.377 e. The number of H-pyrrole nitrogens is 1. The lowest BCUT2D eigenvalue weighted by Gasteiger charge is -2.20. The van der Waals surface area contributed by atoms with Gasteiger partial charge in [0.25, 0.3) is 0 Å². The smallest absolute Gasteiger partial charge is 0.187 e. The van der Waals surface area contributed by atoms with Crippen molar-refractivity contribution in [3.05, 3.63) is 65.0 Å². The van der Waals surface area contributed by atoms with Crippen LogP contribution in [0.15, 0.2) is 42.6 Å². The van der Waals surface area contributed by atoms with E-state index < -0.39 is 0 Å². The number of rotatable bonds is 4. The number of nitrogens with zero attached hydrogens (tertiary/aromatic N) is 1. The first-order chi connectivity index (χ1) is 10.7. The molecule has 0 atom stereocenters. The molecule has 3 rings (SSSR count). The summed E-state index contributed by atoms with van der Waals surface area (Å²) in [6, 6.07) is 9.44. The molecule has 1 N–H and O–H groups in total. The van der Waals surface area contributed by atoms with Crippen molar-refractivity contribution in [3.8, 4) is 0 Å². The number of carbonyl (C=O) groups is 1. The van der Waals surface area contributed by atoms with Gasteiger partial charge in [-0.1, -0.05) is 30.3 Å². The van der Waals surface area contributed by atoms with E-state index in [1.54, 1.807) is 6.08 Å². The second-order valence-corrected chi connectivity index (χ2v) is 6.02. The van der Waals surface area contributed by atoms with Crippen LogP contribution in [0.3, 0.4) is 0 Å². The van der Waals surface area contributed by atoms with Gasteiger partial charge in [0.1, 0.15) is 0 Å². The predicted molar refractivity (Wildman–Crippen MR) is 89.9 cm³/mol. The Balaban J connectivity index is 1.98. The summed E-state index contributed by atoms with van der Waals surface area (Å²) < 4.78 is 0. The van der Waals surface area contributed by atoms with E-state index in [0.29, 0.717) is 0 Å². The Morgan fingerprint density at radius 2 is 1.86 bits per heavy atom. The van der Waals surface area contributed by atoms with Gasteiger partial charge >= 0.3 is 0 Å². The van der Waals surface area contributed by atoms with Crippen molar-refractivity contribution in [1.29, 1.82) is 0 Å². The molecule has 114 valence electrons. The molecule has 0 unspecified atom stereocenters. The molecule has 0 saturated heterocycles. The Hall–Kier alpha value is -2.29. The largest absolute Gasteiger partial charge is 0.377 e. The number of aromatic amines is 1. The Morgan fingerprint density at radius 3 is 2.59 bits per heavy atom. The van der Waals surface area contributed by atoms with E-state index in [0.717, 1.165) is 24.1 Å². The first-order valence-corrected chi connectivity index (χ1v) is 7.84. The second kappa shape index (κ2) is 6.22. The van der Waals surface area contributed by atoms with Crippen LogP contribution in [0.5, 0.6) is 0 Å². The average molecular weight is 294 g/mol. The molecule has 0 spiro atoms. The van der Waals surface area contributed by atoms with Gasteiger partial charge in [-0.05, 0) is 31.2 Å². The first-order valence-electron chi connectivity index (χ1n) is 7.84. The van der Waals surface area contributed by atoms with E-state index >= 15 is 0 Å². The zero-order valence-electron chi connectivity index (χ0n) is 13.2. The molecular weight excluding hydrogens is 272 g/mol. The van der Waals surface area contributed by atoms with Crippen LogP contribution in [0.25, 0.3) is 5.70 Å². The van der Waals surface area contributed by atoms with Crippen molar-refractivity contribution in [2.75, 3.05) is 14.1 Å². The molecule has 0 fully saturated rings. The third kappa shape index (κ3) is 2.84. The fourth-order valence-electron chi connectivity index (χ4n) is 3.09.